The first-order valence-electron chi connectivity index (χ1n) is 26.3. The van der Waals surface area contributed by atoms with Gasteiger partial charge in [-0.05, 0) is 138 Å². The average molecular weight is 1120 g/mol. The smallest absolute Gasteiger partial charge is 0.348 e. The Bertz CT molecular complexity index is 3230. The van der Waals surface area contributed by atoms with Crippen LogP contribution in [0.1, 0.15) is 49.6 Å². The summed E-state index contributed by atoms with van der Waals surface area (Å²) in [6, 6.07) is 21.2. The minimum Gasteiger partial charge on any atom is -0.491 e. The van der Waals surface area contributed by atoms with E-state index < -0.39 is 23.8 Å². The molecule has 0 spiro atoms. The van der Waals surface area contributed by atoms with E-state index in [-0.39, 0.29) is 37.4 Å². The van der Waals surface area contributed by atoms with E-state index in [9.17, 15) is 9.18 Å². The minimum atomic E-state index is -1.28. The molecule has 78 heavy (non-hydrogen) atoms. The fourth-order valence-electron chi connectivity index (χ4n) is 9.91. The van der Waals surface area contributed by atoms with Crippen LogP contribution in [-0.2, 0) is 27.3 Å². The van der Waals surface area contributed by atoms with Crippen LogP contribution in [0, 0.1) is 19.7 Å². The van der Waals surface area contributed by atoms with Gasteiger partial charge in [0.25, 0.3) is 0 Å². The summed E-state index contributed by atoms with van der Waals surface area (Å²) in [6.07, 6.45) is 2.26. The summed E-state index contributed by atoms with van der Waals surface area (Å²) in [5, 5.41) is 1.14. The van der Waals surface area contributed by atoms with Gasteiger partial charge in [-0.25, -0.2) is 29.1 Å². The summed E-state index contributed by atoms with van der Waals surface area (Å²) < 4.78 is 59.9. The fourth-order valence-corrected chi connectivity index (χ4v) is 11.6. The zero-order chi connectivity index (χ0) is 54.7. The summed E-state index contributed by atoms with van der Waals surface area (Å²) in [7, 11) is 4.22. The number of hydrogen-bond acceptors (Lipinski definition) is 16. The Morgan fingerprint density at radius 3 is 2.32 bits per heavy atom. The lowest BCUT2D eigenvalue weighted by Gasteiger charge is -2.35. The topological polar surface area (TPSA) is 143 Å². The summed E-state index contributed by atoms with van der Waals surface area (Å²) in [5.41, 5.74) is 4.54. The van der Waals surface area contributed by atoms with Crippen molar-refractivity contribution < 1.29 is 42.3 Å². The van der Waals surface area contributed by atoms with Crippen molar-refractivity contribution in [3.8, 4) is 61.8 Å². The SMILES string of the molecule is Cc1c(Cl)c2c(Cl)c(C)c1-c1c(-c3ccc(F)cc3)sc3ncnc(c13)O[C@@H](C(=O)OC(C)(C)C)Cc1cc(ccc1OCc1ccnc(-c3ccc(OC[C@H]4CN(C)CCCO4)cc3)n1)OC[C@@H](CN1CCN(C)CC1)O2. The van der Waals surface area contributed by atoms with Crippen molar-refractivity contribution in [1.29, 1.82) is 0 Å². The molecule has 0 aliphatic carbocycles. The summed E-state index contributed by atoms with van der Waals surface area (Å²) >= 11 is 16.2. The van der Waals surface area contributed by atoms with Gasteiger partial charge in [0.1, 0.15) is 71.9 Å². The number of rotatable bonds is 11. The Morgan fingerprint density at radius 1 is 0.833 bits per heavy atom. The third-order valence-corrected chi connectivity index (χ3v) is 16.0. The molecule has 410 valence electrons. The molecule has 19 heteroatoms. The van der Waals surface area contributed by atoms with E-state index in [1.807, 2.05) is 56.3 Å². The van der Waals surface area contributed by atoms with Crippen LogP contribution in [0.25, 0.3) is 43.2 Å². The quantitative estimate of drug-likeness (QED) is 0.113. The molecule has 4 bridgehead atoms. The molecular weight excluding hydrogens is 1060 g/mol. The normalized spacial score (nSPS) is 18.8. The largest absolute Gasteiger partial charge is 0.491 e. The van der Waals surface area contributed by atoms with Crippen molar-refractivity contribution in [3.63, 3.8) is 0 Å². The van der Waals surface area contributed by atoms with Crippen LogP contribution in [0.4, 0.5) is 4.39 Å². The van der Waals surface area contributed by atoms with Crippen LogP contribution < -0.4 is 23.7 Å². The van der Waals surface area contributed by atoms with Crippen molar-refractivity contribution >= 4 is 50.7 Å². The lowest BCUT2D eigenvalue weighted by molar-refractivity contribution is -0.163. The van der Waals surface area contributed by atoms with Crippen molar-refractivity contribution in [2.45, 2.75) is 78.0 Å². The lowest BCUT2D eigenvalue weighted by Crippen LogP contribution is -2.49. The van der Waals surface area contributed by atoms with Crippen molar-refractivity contribution in [1.82, 2.24) is 34.6 Å². The summed E-state index contributed by atoms with van der Waals surface area (Å²) in [6.45, 7) is 16.4. The van der Waals surface area contributed by atoms with Gasteiger partial charge in [-0.2, -0.15) is 0 Å². The van der Waals surface area contributed by atoms with Crippen LogP contribution in [0.5, 0.6) is 28.9 Å². The van der Waals surface area contributed by atoms with Gasteiger partial charge in [-0.3, -0.25) is 4.90 Å². The van der Waals surface area contributed by atoms with E-state index >= 15 is 0 Å². The Kier molecular flexibility index (Phi) is 17.0. The van der Waals surface area contributed by atoms with Crippen LogP contribution >= 0.6 is 34.5 Å². The lowest BCUT2D eigenvalue weighted by atomic mass is 9.92. The first-order chi connectivity index (χ1) is 37.5. The first-order valence-corrected chi connectivity index (χ1v) is 27.8. The number of carbonyl (C=O) groups excluding carboxylic acids is 1. The van der Waals surface area contributed by atoms with E-state index in [0.29, 0.717) is 95.6 Å². The molecule has 2 saturated heterocycles. The summed E-state index contributed by atoms with van der Waals surface area (Å²) in [5.74, 6) is 1.63. The van der Waals surface area contributed by atoms with Crippen LogP contribution in [0.3, 0.4) is 0 Å². The Balaban J connectivity index is 1.02. The van der Waals surface area contributed by atoms with Gasteiger partial charge in [0, 0.05) is 86.6 Å². The molecule has 0 N–H and O–H groups in total. The average Bonchev–Trinajstić information content (AvgIpc) is 3.88. The van der Waals surface area contributed by atoms with Gasteiger partial charge in [0.05, 0.1) is 21.1 Å². The van der Waals surface area contributed by atoms with Crippen molar-refractivity contribution in [2.75, 3.05) is 79.7 Å². The van der Waals surface area contributed by atoms with Gasteiger partial charge in [0.2, 0.25) is 12.0 Å². The molecule has 7 aromatic rings. The predicted octanol–water partition coefficient (Wildman–Crippen LogP) is 10.9. The number of thiophene rings is 1. The molecule has 4 aliphatic rings. The van der Waals surface area contributed by atoms with Crippen molar-refractivity contribution in [2.24, 2.45) is 0 Å². The Labute approximate surface area is 468 Å². The Morgan fingerprint density at radius 2 is 1.58 bits per heavy atom. The van der Waals surface area contributed by atoms with Gasteiger partial charge >= 0.3 is 5.97 Å². The molecule has 0 saturated carbocycles. The van der Waals surface area contributed by atoms with Gasteiger partial charge in [0.15, 0.2) is 11.6 Å². The molecule has 4 aliphatic heterocycles. The molecule has 11 rings (SSSR count). The number of fused-ring (bicyclic) bond motifs is 7. The Hall–Kier alpha value is -6.18. The molecule has 0 amide bonds. The van der Waals surface area contributed by atoms with E-state index in [4.69, 9.17) is 71.3 Å². The molecule has 3 aromatic heterocycles. The molecule has 0 unspecified atom stereocenters. The zero-order valence-corrected chi connectivity index (χ0v) is 47.3. The molecule has 0 radical (unpaired) electrons. The molecule has 4 aromatic carbocycles. The fraction of sp³-hybridized carbons (Fsp3) is 0.407. The van der Waals surface area contributed by atoms with E-state index in [1.54, 1.807) is 45.2 Å². The van der Waals surface area contributed by atoms with Crippen LogP contribution in [-0.4, -0.2) is 144 Å². The second kappa shape index (κ2) is 24.0. The second-order valence-corrected chi connectivity index (χ2v) is 22.9. The number of esters is 1. The monoisotopic (exact) mass is 1120 g/mol. The highest BCUT2D eigenvalue weighted by Gasteiger charge is 2.34. The summed E-state index contributed by atoms with van der Waals surface area (Å²) in [4.78, 5) is 41.8. The minimum absolute atomic E-state index is 0.00412. The molecule has 15 nitrogen and oxygen atoms in total. The molecule has 3 atom stereocenters. The number of likely N-dealkylation sites (N-methyl/N-ethyl adjacent to an activating group) is 2. The van der Waals surface area contributed by atoms with Gasteiger partial charge in [-0.15, -0.1) is 11.3 Å². The van der Waals surface area contributed by atoms with Crippen LogP contribution in [0.15, 0.2) is 85.3 Å². The number of carbonyl (C=O) groups is 1. The highest BCUT2D eigenvalue weighted by Crippen LogP contribution is 2.53. The maximum Gasteiger partial charge on any atom is 0.348 e. The molecule has 7 heterocycles. The van der Waals surface area contributed by atoms with Crippen molar-refractivity contribution in [3.05, 3.63) is 124 Å². The first kappa shape index (κ1) is 55.1. The number of hydrogen-bond donors (Lipinski definition) is 0. The number of ether oxygens (including phenoxy) is 7. The standard InChI is InChI=1S/C59H64Cl2FN7O8S/c1-35-48-36(2)52(61)53(51(35)60)75-45(30-69-24-22-67(6)23-25-69)33-73-43-17-18-46(74-31-41-19-20-63-55(66-41)38-11-15-42(16-12-38)72-32-44-29-68(7)21-8-26-71-44)39(27-43)28-47(58(70)77-59(3,4)5)76-56-50-49(48)54(78-57(50)65-34-64-56)37-9-13-40(62)14-10-37/h9-20,27,34,44-45,47H,8,21-26,28-33H2,1-7H3/t44-,45-,47-/m1/s1. The number of piperazine rings is 1. The molecular formula is C59H64Cl2FN7O8S. The van der Waals surface area contributed by atoms with E-state index in [1.165, 1.54) is 29.8 Å². The predicted molar refractivity (Wildman–Crippen MR) is 301 cm³/mol. The highest BCUT2D eigenvalue weighted by molar-refractivity contribution is 7.22. The second-order valence-electron chi connectivity index (χ2n) is 21.1. The van der Waals surface area contributed by atoms with E-state index in [2.05, 4.69) is 33.8 Å². The van der Waals surface area contributed by atoms with Crippen LogP contribution in [0.2, 0.25) is 10.0 Å². The van der Waals surface area contributed by atoms with Gasteiger partial charge < -0.3 is 43.0 Å². The maximum absolute atomic E-state index is 14.7. The van der Waals surface area contributed by atoms with Gasteiger partial charge in [-0.1, -0.05) is 35.3 Å². The third kappa shape index (κ3) is 12.9. The third-order valence-electron chi connectivity index (χ3n) is 13.9. The number of nitrogens with zero attached hydrogens (tertiary/aromatic N) is 7. The number of halogens is 3. The zero-order valence-electron chi connectivity index (χ0n) is 44.9. The number of aromatic nitrogens is 4. The number of benzene rings is 4. The molecule has 2 fully saturated rings. The van der Waals surface area contributed by atoms with E-state index in [0.717, 1.165) is 68.5 Å². The highest BCUT2D eigenvalue weighted by atomic mass is 35.5. The maximum atomic E-state index is 14.7.